The molecule has 1 saturated heterocycles. The molecule has 116 valence electrons. The third-order valence-electron chi connectivity index (χ3n) is 5.23. The van der Waals surface area contributed by atoms with Crippen molar-refractivity contribution in [2.75, 3.05) is 26.2 Å². The second-order valence-corrected chi connectivity index (χ2v) is 7.29. The SMILES string of the molecule is CC1CCC(N2CCN(Cc3ccc(Cl)cc3)CC2)CC1. The maximum Gasteiger partial charge on any atom is 0.0406 e. The van der Waals surface area contributed by atoms with Crippen molar-refractivity contribution in [3.8, 4) is 0 Å². The van der Waals surface area contributed by atoms with Crippen LogP contribution in [0.4, 0.5) is 0 Å². The zero-order chi connectivity index (χ0) is 14.7. The van der Waals surface area contributed by atoms with Gasteiger partial charge in [0.25, 0.3) is 0 Å². The van der Waals surface area contributed by atoms with E-state index in [0.29, 0.717) is 0 Å². The number of hydrogen-bond donors (Lipinski definition) is 0. The first kappa shape index (κ1) is 15.3. The number of halogens is 1. The lowest BCUT2D eigenvalue weighted by atomic mass is 9.86. The minimum atomic E-state index is 0.829. The van der Waals surface area contributed by atoms with Gasteiger partial charge in [-0.05, 0) is 49.3 Å². The topological polar surface area (TPSA) is 6.48 Å². The molecule has 2 aliphatic rings. The van der Waals surface area contributed by atoms with E-state index in [1.165, 1.54) is 57.4 Å². The molecule has 0 aromatic heterocycles. The van der Waals surface area contributed by atoms with Gasteiger partial charge in [0.2, 0.25) is 0 Å². The Morgan fingerprint density at radius 1 is 0.952 bits per heavy atom. The Balaban J connectivity index is 1.45. The monoisotopic (exact) mass is 306 g/mol. The van der Waals surface area contributed by atoms with Crippen LogP contribution in [0.2, 0.25) is 5.02 Å². The molecule has 0 N–H and O–H groups in total. The highest BCUT2D eigenvalue weighted by molar-refractivity contribution is 6.30. The molecule has 1 aromatic rings. The second-order valence-electron chi connectivity index (χ2n) is 6.85. The van der Waals surface area contributed by atoms with Gasteiger partial charge < -0.3 is 0 Å². The van der Waals surface area contributed by atoms with Gasteiger partial charge >= 0.3 is 0 Å². The van der Waals surface area contributed by atoms with Crippen LogP contribution in [-0.4, -0.2) is 42.0 Å². The van der Waals surface area contributed by atoms with Gasteiger partial charge in [-0.3, -0.25) is 9.80 Å². The standard InChI is InChI=1S/C18H27ClN2/c1-15-2-8-18(9-3-15)21-12-10-20(11-13-21)14-16-4-6-17(19)7-5-16/h4-7,15,18H,2-3,8-14H2,1H3. The molecule has 0 unspecified atom stereocenters. The van der Waals surface area contributed by atoms with Gasteiger partial charge in [0, 0.05) is 43.8 Å². The molecule has 2 fully saturated rings. The first-order valence-electron chi connectivity index (χ1n) is 8.41. The molecule has 0 amide bonds. The fraction of sp³-hybridized carbons (Fsp3) is 0.667. The molecular formula is C18H27ClN2. The van der Waals surface area contributed by atoms with Gasteiger partial charge in [0.1, 0.15) is 0 Å². The van der Waals surface area contributed by atoms with Crippen molar-refractivity contribution in [3.05, 3.63) is 34.9 Å². The summed E-state index contributed by atoms with van der Waals surface area (Å²) < 4.78 is 0. The molecule has 1 aliphatic heterocycles. The Morgan fingerprint density at radius 3 is 2.19 bits per heavy atom. The summed E-state index contributed by atoms with van der Waals surface area (Å²) in [5.41, 5.74) is 1.37. The van der Waals surface area contributed by atoms with Gasteiger partial charge in [-0.1, -0.05) is 30.7 Å². The Morgan fingerprint density at radius 2 is 1.57 bits per heavy atom. The minimum absolute atomic E-state index is 0.829. The van der Waals surface area contributed by atoms with Crippen LogP contribution >= 0.6 is 11.6 Å². The maximum absolute atomic E-state index is 5.95. The van der Waals surface area contributed by atoms with Gasteiger partial charge in [0.05, 0.1) is 0 Å². The molecule has 1 aliphatic carbocycles. The van der Waals surface area contributed by atoms with Gasteiger partial charge in [-0.25, -0.2) is 0 Å². The van der Waals surface area contributed by atoms with E-state index in [0.717, 1.165) is 23.5 Å². The summed E-state index contributed by atoms with van der Waals surface area (Å²) in [6, 6.07) is 9.15. The number of rotatable bonds is 3. The van der Waals surface area contributed by atoms with Crippen molar-refractivity contribution < 1.29 is 0 Å². The largest absolute Gasteiger partial charge is 0.298 e. The van der Waals surface area contributed by atoms with Crippen molar-refractivity contribution in [2.24, 2.45) is 5.92 Å². The molecule has 0 atom stereocenters. The summed E-state index contributed by atoms with van der Waals surface area (Å²) in [7, 11) is 0. The molecule has 0 bridgehead atoms. The summed E-state index contributed by atoms with van der Waals surface area (Å²) in [4.78, 5) is 5.31. The molecular weight excluding hydrogens is 280 g/mol. The molecule has 1 heterocycles. The predicted molar refractivity (Wildman–Crippen MR) is 89.7 cm³/mol. The van der Waals surface area contributed by atoms with E-state index in [4.69, 9.17) is 11.6 Å². The molecule has 21 heavy (non-hydrogen) atoms. The van der Waals surface area contributed by atoms with Gasteiger partial charge in [-0.15, -0.1) is 0 Å². The van der Waals surface area contributed by atoms with E-state index in [-0.39, 0.29) is 0 Å². The van der Waals surface area contributed by atoms with Gasteiger partial charge in [-0.2, -0.15) is 0 Å². The van der Waals surface area contributed by atoms with Crippen molar-refractivity contribution in [3.63, 3.8) is 0 Å². The molecule has 1 aromatic carbocycles. The average Bonchev–Trinajstić information content (AvgIpc) is 2.51. The zero-order valence-electron chi connectivity index (χ0n) is 13.1. The molecule has 0 radical (unpaired) electrons. The first-order chi connectivity index (χ1) is 10.2. The fourth-order valence-electron chi connectivity index (χ4n) is 3.74. The Hall–Kier alpha value is -0.570. The Labute approximate surface area is 134 Å². The molecule has 0 spiro atoms. The lowest BCUT2D eigenvalue weighted by molar-refractivity contribution is 0.0689. The second kappa shape index (κ2) is 7.13. The highest BCUT2D eigenvalue weighted by Crippen LogP contribution is 2.27. The highest BCUT2D eigenvalue weighted by atomic mass is 35.5. The molecule has 3 rings (SSSR count). The Kier molecular flexibility index (Phi) is 5.20. The van der Waals surface area contributed by atoms with Crippen molar-refractivity contribution in [1.29, 1.82) is 0 Å². The average molecular weight is 307 g/mol. The third-order valence-corrected chi connectivity index (χ3v) is 5.48. The quantitative estimate of drug-likeness (QED) is 0.831. The zero-order valence-corrected chi connectivity index (χ0v) is 13.9. The summed E-state index contributed by atoms with van der Waals surface area (Å²) in [6.07, 6.45) is 5.68. The van der Waals surface area contributed by atoms with Gasteiger partial charge in [0.15, 0.2) is 0 Å². The minimum Gasteiger partial charge on any atom is -0.298 e. The van der Waals surface area contributed by atoms with Crippen LogP contribution in [0.15, 0.2) is 24.3 Å². The summed E-state index contributed by atoms with van der Waals surface area (Å²) in [5, 5.41) is 0.829. The fourth-order valence-corrected chi connectivity index (χ4v) is 3.87. The number of benzene rings is 1. The van der Waals surface area contributed by atoms with Crippen LogP contribution in [0.5, 0.6) is 0 Å². The number of hydrogen-bond acceptors (Lipinski definition) is 2. The number of piperazine rings is 1. The summed E-state index contributed by atoms with van der Waals surface area (Å²) >= 11 is 5.95. The van der Waals surface area contributed by atoms with E-state index in [1.807, 2.05) is 12.1 Å². The van der Waals surface area contributed by atoms with E-state index >= 15 is 0 Å². The molecule has 3 heteroatoms. The van der Waals surface area contributed by atoms with Crippen LogP contribution in [0.3, 0.4) is 0 Å². The van der Waals surface area contributed by atoms with Crippen molar-refractivity contribution in [2.45, 2.75) is 45.2 Å². The van der Waals surface area contributed by atoms with Crippen molar-refractivity contribution >= 4 is 11.6 Å². The highest BCUT2D eigenvalue weighted by Gasteiger charge is 2.26. The van der Waals surface area contributed by atoms with E-state index in [2.05, 4.69) is 28.9 Å². The van der Waals surface area contributed by atoms with E-state index < -0.39 is 0 Å². The maximum atomic E-state index is 5.95. The van der Waals surface area contributed by atoms with Crippen LogP contribution in [0.1, 0.15) is 38.2 Å². The Bertz CT molecular complexity index is 429. The first-order valence-corrected chi connectivity index (χ1v) is 8.79. The normalized spacial score (nSPS) is 28.7. The van der Waals surface area contributed by atoms with Crippen LogP contribution in [0, 0.1) is 5.92 Å². The van der Waals surface area contributed by atoms with Crippen LogP contribution in [0.25, 0.3) is 0 Å². The van der Waals surface area contributed by atoms with Crippen LogP contribution in [-0.2, 0) is 6.54 Å². The van der Waals surface area contributed by atoms with Crippen LogP contribution < -0.4 is 0 Å². The lowest BCUT2D eigenvalue weighted by Crippen LogP contribution is -2.50. The summed E-state index contributed by atoms with van der Waals surface area (Å²) in [6.45, 7) is 8.36. The third kappa shape index (κ3) is 4.21. The van der Waals surface area contributed by atoms with E-state index in [1.54, 1.807) is 0 Å². The van der Waals surface area contributed by atoms with Crippen molar-refractivity contribution in [1.82, 2.24) is 9.80 Å². The lowest BCUT2D eigenvalue weighted by Gasteiger charge is -2.41. The predicted octanol–water partition coefficient (Wildman–Crippen LogP) is 4.04. The summed E-state index contributed by atoms with van der Waals surface area (Å²) in [5.74, 6) is 0.951. The molecule has 1 saturated carbocycles. The molecule has 2 nitrogen and oxygen atoms in total. The van der Waals surface area contributed by atoms with E-state index in [9.17, 15) is 0 Å². The number of nitrogens with zero attached hydrogens (tertiary/aromatic N) is 2. The smallest absolute Gasteiger partial charge is 0.0406 e.